The van der Waals surface area contributed by atoms with Gasteiger partial charge in [-0.15, -0.1) is 6.58 Å². The summed E-state index contributed by atoms with van der Waals surface area (Å²) >= 11 is 0. The van der Waals surface area contributed by atoms with Gasteiger partial charge >= 0.3 is 0 Å². The van der Waals surface area contributed by atoms with E-state index in [-0.39, 0.29) is 0 Å². The third-order valence-corrected chi connectivity index (χ3v) is 1.84. The lowest BCUT2D eigenvalue weighted by atomic mass is 10.1. The molecule has 0 aliphatic rings. The van der Waals surface area contributed by atoms with Gasteiger partial charge in [0.25, 0.3) is 0 Å². The van der Waals surface area contributed by atoms with E-state index in [0.717, 1.165) is 19.3 Å². The molecule has 0 amide bonds. The Morgan fingerprint density at radius 3 is 2.38 bits per heavy atom. The summed E-state index contributed by atoms with van der Waals surface area (Å²) in [6.45, 7) is 5.74. The molecule has 0 saturated carbocycles. The van der Waals surface area contributed by atoms with Crippen molar-refractivity contribution in [1.29, 1.82) is 0 Å². The molecule has 0 rings (SSSR count). The predicted molar refractivity (Wildman–Crippen MR) is 57.7 cm³/mol. The molecule has 0 aromatic carbocycles. The van der Waals surface area contributed by atoms with Crippen molar-refractivity contribution >= 4 is 5.78 Å². The van der Waals surface area contributed by atoms with E-state index in [0.29, 0.717) is 18.6 Å². The van der Waals surface area contributed by atoms with E-state index in [1.165, 1.54) is 6.42 Å². The molecule has 13 heavy (non-hydrogen) atoms. The summed E-state index contributed by atoms with van der Waals surface area (Å²) in [5, 5.41) is 0. The van der Waals surface area contributed by atoms with E-state index >= 15 is 0 Å². The first-order chi connectivity index (χ1) is 6.31. The highest BCUT2D eigenvalue weighted by molar-refractivity contribution is 5.78. The van der Waals surface area contributed by atoms with Crippen molar-refractivity contribution in [3.63, 3.8) is 0 Å². The molecule has 0 fully saturated rings. The first-order valence-electron chi connectivity index (χ1n) is 5.08. The van der Waals surface area contributed by atoms with Gasteiger partial charge in [0, 0.05) is 12.8 Å². The van der Waals surface area contributed by atoms with Gasteiger partial charge < -0.3 is 0 Å². The predicted octanol–water partition coefficient (Wildman–Crippen LogP) is 3.66. The summed E-state index contributed by atoms with van der Waals surface area (Å²) in [4.78, 5) is 11.2. The third kappa shape index (κ3) is 9.06. The Morgan fingerprint density at radius 2 is 1.77 bits per heavy atom. The second-order valence-corrected chi connectivity index (χ2v) is 3.16. The van der Waals surface area contributed by atoms with Crippen molar-refractivity contribution in [3.05, 3.63) is 24.8 Å². The Labute approximate surface area is 81.5 Å². The Bertz CT molecular complexity index is 168. The number of hydrogen-bond acceptors (Lipinski definition) is 1. The third-order valence-electron chi connectivity index (χ3n) is 1.84. The van der Waals surface area contributed by atoms with Gasteiger partial charge in [-0.25, -0.2) is 0 Å². The highest BCUT2D eigenvalue weighted by Crippen LogP contribution is 2.01. The molecule has 0 unspecified atom stereocenters. The maximum atomic E-state index is 11.2. The number of allylic oxidation sites excluding steroid dienone is 3. The van der Waals surface area contributed by atoms with Crippen LogP contribution in [0.15, 0.2) is 24.8 Å². The summed E-state index contributed by atoms with van der Waals surface area (Å²) in [5.41, 5.74) is 0. The van der Waals surface area contributed by atoms with Gasteiger partial charge in [-0.3, -0.25) is 4.79 Å². The highest BCUT2D eigenvalue weighted by Gasteiger charge is 1.97. The van der Waals surface area contributed by atoms with Crippen LogP contribution in [0, 0.1) is 0 Å². The molecule has 0 bridgehead atoms. The van der Waals surface area contributed by atoms with Crippen LogP contribution in [0.4, 0.5) is 0 Å². The van der Waals surface area contributed by atoms with E-state index in [2.05, 4.69) is 25.7 Å². The molecule has 0 saturated heterocycles. The van der Waals surface area contributed by atoms with Crippen molar-refractivity contribution in [3.8, 4) is 0 Å². The standard InChI is InChI=1S/C12H20O/c1-3-5-7-8-9-11-12(13)10-6-4-2/h4,7-8H,2-3,5-6,9-11H2,1H3/b8-7+. The highest BCUT2D eigenvalue weighted by atomic mass is 16.1. The topological polar surface area (TPSA) is 17.1 Å². The van der Waals surface area contributed by atoms with E-state index in [4.69, 9.17) is 0 Å². The average molecular weight is 180 g/mol. The van der Waals surface area contributed by atoms with E-state index in [1.54, 1.807) is 6.08 Å². The zero-order valence-corrected chi connectivity index (χ0v) is 8.59. The van der Waals surface area contributed by atoms with Crippen molar-refractivity contribution < 1.29 is 4.79 Å². The van der Waals surface area contributed by atoms with Crippen LogP contribution in [-0.2, 0) is 4.79 Å². The maximum absolute atomic E-state index is 11.2. The molecule has 0 aromatic heterocycles. The Hall–Kier alpha value is -0.850. The molecule has 0 heterocycles. The quantitative estimate of drug-likeness (QED) is 0.521. The molecule has 0 atom stereocenters. The number of ketones is 1. The molecule has 0 radical (unpaired) electrons. The number of Topliss-reactive ketones (excluding diaryl/α,β-unsaturated/α-hetero) is 1. The maximum Gasteiger partial charge on any atom is 0.133 e. The van der Waals surface area contributed by atoms with Crippen LogP contribution in [0.5, 0.6) is 0 Å². The first-order valence-corrected chi connectivity index (χ1v) is 5.08. The minimum atomic E-state index is 0.348. The Morgan fingerprint density at radius 1 is 1.15 bits per heavy atom. The number of carbonyl (C=O) groups excluding carboxylic acids is 1. The average Bonchev–Trinajstić information content (AvgIpc) is 2.14. The van der Waals surface area contributed by atoms with E-state index < -0.39 is 0 Å². The van der Waals surface area contributed by atoms with E-state index in [9.17, 15) is 4.79 Å². The van der Waals surface area contributed by atoms with Gasteiger partial charge in [0.15, 0.2) is 0 Å². The lowest BCUT2D eigenvalue weighted by Crippen LogP contribution is -1.95. The van der Waals surface area contributed by atoms with Crippen LogP contribution in [0.1, 0.15) is 45.4 Å². The van der Waals surface area contributed by atoms with Gasteiger partial charge in [0.1, 0.15) is 5.78 Å². The van der Waals surface area contributed by atoms with Gasteiger partial charge in [-0.05, 0) is 19.3 Å². The molecular weight excluding hydrogens is 160 g/mol. The monoisotopic (exact) mass is 180 g/mol. The van der Waals surface area contributed by atoms with Crippen molar-refractivity contribution in [2.75, 3.05) is 0 Å². The fraction of sp³-hybridized carbons (Fsp3) is 0.583. The fourth-order valence-electron chi connectivity index (χ4n) is 1.03. The molecule has 1 nitrogen and oxygen atoms in total. The second-order valence-electron chi connectivity index (χ2n) is 3.16. The number of unbranched alkanes of at least 4 members (excludes halogenated alkanes) is 1. The van der Waals surface area contributed by atoms with E-state index in [1.807, 2.05) is 0 Å². The molecule has 0 aliphatic carbocycles. The fourth-order valence-corrected chi connectivity index (χ4v) is 1.03. The Balaban J connectivity index is 3.30. The molecule has 1 heteroatoms. The lowest BCUT2D eigenvalue weighted by Gasteiger charge is -1.94. The SMILES string of the molecule is C=CCCC(=O)CC/C=C/CCC. The number of rotatable bonds is 8. The van der Waals surface area contributed by atoms with Crippen LogP contribution in [-0.4, -0.2) is 5.78 Å². The van der Waals surface area contributed by atoms with Gasteiger partial charge in [0.05, 0.1) is 0 Å². The summed E-state index contributed by atoms with van der Waals surface area (Å²) in [7, 11) is 0. The van der Waals surface area contributed by atoms with Gasteiger partial charge in [-0.2, -0.15) is 0 Å². The number of carbonyl (C=O) groups is 1. The Kier molecular flexibility index (Phi) is 8.64. The van der Waals surface area contributed by atoms with Crippen molar-refractivity contribution in [2.45, 2.75) is 45.4 Å². The smallest absolute Gasteiger partial charge is 0.133 e. The molecule has 0 aromatic rings. The number of hydrogen-bond donors (Lipinski definition) is 0. The second kappa shape index (κ2) is 9.24. The summed E-state index contributed by atoms with van der Waals surface area (Å²) < 4.78 is 0. The molecule has 0 N–H and O–H groups in total. The van der Waals surface area contributed by atoms with Crippen LogP contribution < -0.4 is 0 Å². The van der Waals surface area contributed by atoms with Crippen LogP contribution >= 0.6 is 0 Å². The minimum absolute atomic E-state index is 0.348. The zero-order valence-electron chi connectivity index (χ0n) is 8.59. The van der Waals surface area contributed by atoms with Crippen molar-refractivity contribution in [2.24, 2.45) is 0 Å². The van der Waals surface area contributed by atoms with Gasteiger partial charge in [-0.1, -0.05) is 31.6 Å². The van der Waals surface area contributed by atoms with Gasteiger partial charge in [0.2, 0.25) is 0 Å². The van der Waals surface area contributed by atoms with Crippen LogP contribution in [0.2, 0.25) is 0 Å². The minimum Gasteiger partial charge on any atom is -0.300 e. The molecule has 0 aliphatic heterocycles. The zero-order chi connectivity index (χ0) is 9.94. The first kappa shape index (κ1) is 12.2. The molecule has 74 valence electrons. The summed E-state index contributed by atoms with van der Waals surface area (Å²) in [6, 6.07) is 0. The normalized spacial score (nSPS) is 10.5. The largest absolute Gasteiger partial charge is 0.300 e. The lowest BCUT2D eigenvalue weighted by molar-refractivity contribution is -0.118. The van der Waals surface area contributed by atoms with Crippen molar-refractivity contribution in [1.82, 2.24) is 0 Å². The summed E-state index contributed by atoms with van der Waals surface area (Å²) in [5.74, 6) is 0.348. The van der Waals surface area contributed by atoms with Crippen LogP contribution in [0.25, 0.3) is 0 Å². The summed E-state index contributed by atoms with van der Waals surface area (Å²) in [6.07, 6.45) is 11.4. The molecule has 0 spiro atoms. The molecular formula is C12H20O. The van der Waals surface area contributed by atoms with Crippen LogP contribution in [0.3, 0.4) is 0 Å².